The molecule has 0 saturated carbocycles. The summed E-state index contributed by atoms with van der Waals surface area (Å²) in [6.07, 6.45) is 0. The number of benzene rings is 3. The zero-order valence-electron chi connectivity index (χ0n) is 16.7. The van der Waals surface area contributed by atoms with E-state index in [1.165, 1.54) is 6.07 Å². The van der Waals surface area contributed by atoms with E-state index in [1.807, 2.05) is 50.2 Å². The summed E-state index contributed by atoms with van der Waals surface area (Å²) in [4.78, 5) is -0.114. The predicted molar refractivity (Wildman–Crippen MR) is 118 cm³/mol. The monoisotopic (exact) mass is 430 g/mol. The van der Waals surface area contributed by atoms with E-state index in [0.29, 0.717) is 16.8 Å². The Labute approximate surface area is 172 Å². The first-order chi connectivity index (χ1) is 13.8. The van der Waals surface area contributed by atoms with Gasteiger partial charge in [0.2, 0.25) is 0 Å². The maximum atomic E-state index is 12.1. The molecule has 0 fully saturated rings. The van der Waals surface area contributed by atoms with Crippen molar-refractivity contribution in [3.63, 3.8) is 0 Å². The Bertz CT molecular complexity index is 1090. The summed E-state index contributed by atoms with van der Waals surface area (Å²) >= 11 is 0. The number of hydrogen-bond acceptors (Lipinski definition) is 4. The zero-order chi connectivity index (χ0) is 21.2. The molecule has 3 aromatic carbocycles. The van der Waals surface area contributed by atoms with E-state index in [1.54, 1.807) is 32.4 Å². The van der Waals surface area contributed by atoms with E-state index in [-0.39, 0.29) is 4.90 Å². The van der Waals surface area contributed by atoms with Crippen LogP contribution in [0.5, 0.6) is 11.5 Å². The van der Waals surface area contributed by atoms with E-state index in [9.17, 15) is 13.0 Å². The van der Waals surface area contributed by atoms with Crippen LogP contribution < -0.4 is 25.4 Å². The average molecular weight is 430 g/mol. The SMILES string of the molecule is COc1cc(C)ccc1P(c1ccc(C)cc1OC)c1ccccc1S(=O)(=O)O. The summed E-state index contributed by atoms with van der Waals surface area (Å²) in [6.45, 7) is 3.93. The van der Waals surface area contributed by atoms with Gasteiger partial charge in [0, 0.05) is 15.9 Å². The fourth-order valence-electron chi connectivity index (χ4n) is 3.19. The minimum atomic E-state index is -4.42. The Balaban J connectivity index is 2.40. The quantitative estimate of drug-likeness (QED) is 0.480. The van der Waals surface area contributed by atoms with Crippen LogP contribution in [0.4, 0.5) is 0 Å². The predicted octanol–water partition coefficient (Wildman–Crippen LogP) is 3.33. The molecule has 0 aliphatic carbocycles. The second kappa shape index (κ2) is 8.54. The third-order valence-electron chi connectivity index (χ3n) is 4.54. The summed E-state index contributed by atoms with van der Waals surface area (Å²) < 4.78 is 45.4. The first-order valence-corrected chi connectivity index (χ1v) is 11.7. The summed E-state index contributed by atoms with van der Waals surface area (Å²) in [6, 6.07) is 18.2. The van der Waals surface area contributed by atoms with Crippen molar-refractivity contribution in [1.29, 1.82) is 0 Å². The molecule has 0 radical (unpaired) electrons. The van der Waals surface area contributed by atoms with Crippen molar-refractivity contribution < 1.29 is 22.4 Å². The van der Waals surface area contributed by atoms with E-state index in [2.05, 4.69) is 0 Å². The molecule has 5 nitrogen and oxygen atoms in total. The van der Waals surface area contributed by atoms with Crippen molar-refractivity contribution in [2.75, 3.05) is 14.2 Å². The van der Waals surface area contributed by atoms with E-state index >= 15 is 0 Å². The Morgan fingerprint density at radius 3 is 1.69 bits per heavy atom. The minimum absolute atomic E-state index is 0.114. The smallest absolute Gasteiger partial charge is 0.295 e. The molecule has 3 rings (SSSR count). The van der Waals surface area contributed by atoms with Gasteiger partial charge in [0.05, 0.1) is 14.2 Å². The van der Waals surface area contributed by atoms with Crippen LogP contribution in [-0.2, 0) is 10.1 Å². The molecule has 0 heterocycles. The van der Waals surface area contributed by atoms with Crippen molar-refractivity contribution in [3.05, 3.63) is 71.8 Å². The largest absolute Gasteiger partial charge is 0.496 e. The van der Waals surface area contributed by atoms with Crippen LogP contribution in [0.1, 0.15) is 11.1 Å². The van der Waals surface area contributed by atoms with Gasteiger partial charge in [0.25, 0.3) is 10.1 Å². The lowest BCUT2D eigenvalue weighted by molar-refractivity contribution is 0.417. The molecule has 0 unspecified atom stereocenters. The third-order valence-corrected chi connectivity index (χ3v) is 8.17. The standard InChI is InChI=1S/C22H23O5PS/c1-15-9-11-19(17(13-15)26-3)28(20-12-10-16(2)14-18(20)27-4)21-7-5-6-8-22(21)29(23,24)25/h5-14H,1-4H3,(H,23,24,25). The molecule has 0 amide bonds. The molecule has 0 spiro atoms. The number of rotatable bonds is 6. The highest BCUT2D eigenvalue weighted by Crippen LogP contribution is 2.41. The number of ether oxygens (including phenoxy) is 2. The molecular formula is C22H23O5PS. The lowest BCUT2D eigenvalue weighted by Gasteiger charge is -2.25. The maximum absolute atomic E-state index is 12.1. The van der Waals surface area contributed by atoms with Gasteiger partial charge in [0.15, 0.2) is 0 Å². The minimum Gasteiger partial charge on any atom is -0.496 e. The van der Waals surface area contributed by atoms with Crippen LogP contribution in [-0.4, -0.2) is 27.2 Å². The maximum Gasteiger partial charge on any atom is 0.295 e. The number of aryl methyl sites for hydroxylation is 2. The van der Waals surface area contributed by atoms with Gasteiger partial charge in [-0.2, -0.15) is 8.42 Å². The van der Waals surface area contributed by atoms with Crippen molar-refractivity contribution >= 4 is 34.0 Å². The second-order valence-electron chi connectivity index (χ2n) is 6.63. The van der Waals surface area contributed by atoms with Gasteiger partial charge in [-0.05, 0) is 63.2 Å². The van der Waals surface area contributed by atoms with Gasteiger partial charge < -0.3 is 9.47 Å². The van der Waals surface area contributed by atoms with E-state index < -0.39 is 18.0 Å². The van der Waals surface area contributed by atoms with Crippen LogP contribution in [0.15, 0.2) is 65.6 Å². The number of hydrogen-bond donors (Lipinski definition) is 1. The highest BCUT2D eigenvalue weighted by atomic mass is 32.2. The zero-order valence-corrected chi connectivity index (χ0v) is 18.4. The average Bonchev–Trinajstić information content (AvgIpc) is 2.69. The van der Waals surface area contributed by atoms with Gasteiger partial charge in [-0.25, -0.2) is 0 Å². The van der Waals surface area contributed by atoms with Crippen LogP contribution in [0.2, 0.25) is 0 Å². The molecule has 7 heteroatoms. The highest BCUT2D eigenvalue weighted by molar-refractivity contribution is 7.88. The Hall–Kier alpha value is -2.40. The molecule has 3 aromatic rings. The first-order valence-electron chi connectivity index (χ1n) is 8.92. The van der Waals surface area contributed by atoms with Crippen LogP contribution >= 0.6 is 7.92 Å². The molecular weight excluding hydrogens is 407 g/mol. The van der Waals surface area contributed by atoms with Crippen LogP contribution in [0, 0.1) is 13.8 Å². The fourth-order valence-corrected chi connectivity index (χ4v) is 6.90. The summed E-state index contributed by atoms with van der Waals surface area (Å²) in [5, 5.41) is 2.19. The molecule has 29 heavy (non-hydrogen) atoms. The van der Waals surface area contributed by atoms with E-state index in [4.69, 9.17) is 9.47 Å². The number of methoxy groups -OCH3 is 2. The van der Waals surface area contributed by atoms with Crippen LogP contribution in [0.3, 0.4) is 0 Å². The molecule has 0 aliphatic heterocycles. The normalized spacial score (nSPS) is 11.5. The first kappa shape index (κ1) is 21.3. The van der Waals surface area contributed by atoms with Gasteiger partial charge in [-0.15, -0.1) is 0 Å². The molecule has 0 aromatic heterocycles. The highest BCUT2D eigenvalue weighted by Gasteiger charge is 2.28. The molecule has 0 saturated heterocycles. The third kappa shape index (κ3) is 4.45. The summed E-state index contributed by atoms with van der Waals surface area (Å²) in [7, 11) is -2.63. The van der Waals surface area contributed by atoms with Gasteiger partial charge in [-0.1, -0.05) is 30.3 Å². The van der Waals surface area contributed by atoms with Crippen molar-refractivity contribution in [1.82, 2.24) is 0 Å². The lowest BCUT2D eigenvalue weighted by atomic mass is 10.2. The van der Waals surface area contributed by atoms with Gasteiger partial charge in [0.1, 0.15) is 16.4 Å². The molecule has 0 aliphatic rings. The molecule has 0 atom stereocenters. The van der Waals surface area contributed by atoms with E-state index in [0.717, 1.165) is 21.7 Å². The molecule has 1 N–H and O–H groups in total. The fraction of sp³-hybridized carbons (Fsp3) is 0.182. The van der Waals surface area contributed by atoms with Crippen molar-refractivity contribution in [2.24, 2.45) is 0 Å². The Morgan fingerprint density at radius 1 is 0.759 bits per heavy atom. The Kier molecular flexibility index (Phi) is 6.27. The summed E-state index contributed by atoms with van der Waals surface area (Å²) in [5.74, 6) is 1.31. The van der Waals surface area contributed by atoms with Gasteiger partial charge in [-0.3, -0.25) is 4.55 Å². The summed E-state index contributed by atoms with van der Waals surface area (Å²) in [5.41, 5.74) is 2.05. The van der Waals surface area contributed by atoms with Crippen molar-refractivity contribution in [3.8, 4) is 11.5 Å². The topological polar surface area (TPSA) is 72.8 Å². The van der Waals surface area contributed by atoms with Crippen molar-refractivity contribution in [2.45, 2.75) is 18.7 Å². The second-order valence-corrected chi connectivity index (χ2v) is 10.1. The van der Waals surface area contributed by atoms with Crippen LogP contribution in [0.25, 0.3) is 0 Å². The Morgan fingerprint density at radius 2 is 1.24 bits per heavy atom. The lowest BCUT2D eigenvalue weighted by Crippen LogP contribution is -2.26. The molecule has 152 valence electrons. The van der Waals surface area contributed by atoms with Gasteiger partial charge >= 0.3 is 0 Å². The molecule has 0 bridgehead atoms.